The Kier molecular flexibility index (Phi) is 9.72. The third-order valence-corrected chi connectivity index (χ3v) is 6.82. The van der Waals surface area contributed by atoms with Crippen LogP contribution in [0.25, 0.3) is 0 Å². The molecule has 9 heteroatoms. The predicted molar refractivity (Wildman–Crippen MR) is 129 cm³/mol. The summed E-state index contributed by atoms with van der Waals surface area (Å²) in [6.45, 7) is 0.238. The Balaban J connectivity index is 1.81. The van der Waals surface area contributed by atoms with Gasteiger partial charge in [-0.25, -0.2) is 0 Å². The van der Waals surface area contributed by atoms with E-state index in [1.54, 1.807) is 48.9 Å². The summed E-state index contributed by atoms with van der Waals surface area (Å²) in [5.41, 5.74) is 0.654. The van der Waals surface area contributed by atoms with E-state index in [0.717, 1.165) is 25.7 Å². The van der Waals surface area contributed by atoms with Gasteiger partial charge in [0.15, 0.2) is 0 Å². The van der Waals surface area contributed by atoms with E-state index in [4.69, 9.17) is 16.3 Å². The lowest BCUT2D eigenvalue weighted by Gasteiger charge is -2.33. The summed E-state index contributed by atoms with van der Waals surface area (Å²) in [6.07, 6.45) is 5.20. The third-order valence-electron chi connectivity index (χ3n) is 5.70. The number of ether oxygens (including phenoxy) is 1. The maximum atomic E-state index is 13.5. The minimum atomic E-state index is -0.856. The molecule has 0 radical (unpaired) electrons. The van der Waals surface area contributed by atoms with Crippen LogP contribution in [0, 0.1) is 0 Å². The molecule has 1 fully saturated rings. The Hall–Kier alpha value is -2.42. The number of nitrogens with one attached hydrogen (secondary N) is 2. The lowest BCUT2D eigenvalue weighted by molar-refractivity contribution is -0.141. The molecule has 0 spiro atoms. The van der Waals surface area contributed by atoms with Crippen molar-refractivity contribution in [2.24, 2.45) is 0 Å². The first-order valence-corrected chi connectivity index (χ1v) is 12.4. The molecule has 0 bridgehead atoms. The van der Waals surface area contributed by atoms with E-state index in [1.165, 1.54) is 22.7 Å². The highest BCUT2D eigenvalue weighted by molar-refractivity contribution is 7.12. The lowest BCUT2D eigenvalue weighted by atomic mass is 9.94. The van der Waals surface area contributed by atoms with Crippen molar-refractivity contribution in [3.8, 4) is 0 Å². The fourth-order valence-corrected chi connectivity index (χ4v) is 4.75. The van der Waals surface area contributed by atoms with E-state index in [9.17, 15) is 14.4 Å². The van der Waals surface area contributed by atoms with E-state index in [1.807, 2.05) is 0 Å². The Bertz CT molecular complexity index is 914. The first-order valence-electron chi connectivity index (χ1n) is 11.2. The monoisotopic (exact) mass is 491 g/mol. The quantitative estimate of drug-likeness (QED) is 0.529. The molecule has 2 N–H and O–H groups in total. The number of thiophene rings is 1. The molecule has 7 nitrogen and oxygen atoms in total. The van der Waals surface area contributed by atoms with Crippen LogP contribution < -0.4 is 10.6 Å². The Labute approximate surface area is 203 Å². The smallest absolute Gasteiger partial charge is 0.261 e. The highest BCUT2D eigenvalue weighted by Crippen LogP contribution is 2.25. The standard InChI is InChI=1S/C24H30ClN3O4S/c1-32-14-13-28(21(29)16-26-23(30)20-8-5-15-33-20)22(17-9-11-18(25)12-10-17)24(31)27-19-6-3-2-4-7-19/h5,8-12,15,19,22H,2-4,6-7,13-14,16H2,1H3,(H,26,30)(H,27,31). The van der Waals surface area contributed by atoms with Gasteiger partial charge in [0, 0.05) is 24.7 Å². The minimum absolute atomic E-state index is 0.0963. The number of methoxy groups -OCH3 is 1. The fourth-order valence-electron chi connectivity index (χ4n) is 3.98. The topological polar surface area (TPSA) is 87.7 Å². The van der Waals surface area contributed by atoms with Gasteiger partial charge in [0.05, 0.1) is 18.0 Å². The first-order chi connectivity index (χ1) is 16.0. The number of benzene rings is 1. The maximum Gasteiger partial charge on any atom is 0.261 e. The number of halogens is 1. The molecule has 0 aliphatic heterocycles. The van der Waals surface area contributed by atoms with E-state index in [0.29, 0.717) is 15.5 Å². The SMILES string of the molecule is COCCN(C(=O)CNC(=O)c1cccs1)C(C(=O)NC1CCCCC1)c1ccc(Cl)cc1. The van der Waals surface area contributed by atoms with Gasteiger partial charge in [0.1, 0.15) is 6.04 Å². The van der Waals surface area contributed by atoms with Crippen LogP contribution in [0.15, 0.2) is 41.8 Å². The van der Waals surface area contributed by atoms with Gasteiger partial charge in [-0.15, -0.1) is 11.3 Å². The molecule has 1 heterocycles. The molecule has 178 valence electrons. The zero-order valence-corrected chi connectivity index (χ0v) is 20.3. The Morgan fingerprint density at radius 1 is 1.15 bits per heavy atom. The average Bonchev–Trinajstić information content (AvgIpc) is 3.36. The zero-order valence-electron chi connectivity index (χ0n) is 18.7. The molecule has 0 saturated heterocycles. The van der Waals surface area contributed by atoms with Crippen molar-refractivity contribution >= 4 is 40.7 Å². The van der Waals surface area contributed by atoms with Crippen molar-refractivity contribution in [1.29, 1.82) is 0 Å². The molecule has 1 aliphatic rings. The van der Waals surface area contributed by atoms with Crippen LogP contribution in [0.1, 0.15) is 53.4 Å². The molecular weight excluding hydrogens is 462 g/mol. The molecule has 3 rings (SSSR count). The van der Waals surface area contributed by atoms with Gasteiger partial charge < -0.3 is 20.3 Å². The van der Waals surface area contributed by atoms with Crippen molar-refractivity contribution in [2.45, 2.75) is 44.2 Å². The zero-order chi connectivity index (χ0) is 23.6. The Morgan fingerprint density at radius 2 is 1.88 bits per heavy atom. The van der Waals surface area contributed by atoms with Gasteiger partial charge >= 0.3 is 0 Å². The van der Waals surface area contributed by atoms with Crippen LogP contribution in [-0.4, -0.2) is 55.5 Å². The number of hydrogen-bond acceptors (Lipinski definition) is 5. The average molecular weight is 492 g/mol. The first kappa shape index (κ1) is 25.2. The van der Waals surface area contributed by atoms with Crippen molar-refractivity contribution < 1.29 is 19.1 Å². The molecular formula is C24H30ClN3O4S. The number of carbonyl (C=O) groups is 3. The third kappa shape index (κ3) is 7.28. The Morgan fingerprint density at radius 3 is 2.52 bits per heavy atom. The number of hydrogen-bond donors (Lipinski definition) is 2. The number of rotatable bonds is 10. The summed E-state index contributed by atoms with van der Waals surface area (Å²) < 4.78 is 5.21. The molecule has 3 amide bonds. The van der Waals surface area contributed by atoms with Gasteiger partial charge in [-0.3, -0.25) is 14.4 Å². The number of carbonyl (C=O) groups excluding carboxylic acids is 3. The van der Waals surface area contributed by atoms with Crippen LogP contribution in [0.4, 0.5) is 0 Å². The summed E-state index contributed by atoms with van der Waals surface area (Å²) in [5, 5.41) is 8.15. The van der Waals surface area contributed by atoms with Gasteiger partial charge in [-0.05, 0) is 42.0 Å². The van der Waals surface area contributed by atoms with Gasteiger partial charge in [0.2, 0.25) is 11.8 Å². The minimum Gasteiger partial charge on any atom is -0.383 e. The van der Waals surface area contributed by atoms with Crippen LogP contribution in [0.2, 0.25) is 5.02 Å². The molecule has 1 aromatic heterocycles. The van der Waals surface area contributed by atoms with Crippen molar-refractivity contribution in [3.63, 3.8) is 0 Å². The summed E-state index contributed by atoms with van der Waals surface area (Å²) in [7, 11) is 1.54. The van der Waals surface area contributed by atoms with Crippen LogP contribution in [-0.2, 0) is 14.3 Å². The summed E-state index contributed by atoms with van der Waals surface area (Å²) >= 11 is 7.36. The van der Waals surface area contributed by atoms with Crippen LogP contribution >= 0.6 is 22.9 Å². The van der Waals surface area contributed by atoms with E-state index in [-0.39, 0.29) is 43.5 Å². The van der Waals surface area contributed by atoms with Crippen LogP contribution in [0.3, 0.4) is 0 Å². The molecule has 1 aromatic carbocycles. The second kappa shape index (κ2) is 12.7. The van der Waals surface area contributed by atoms with E-state index in [2.05, 4.69) is 10.6 Å². The predicted octanol–water partition coefficient (Wildman–Crippen LogP) is 3.80. The van der Waals surface area contributed by atoms with Crippen molar-refractivity contribution in [2.75, 3.05) is 26.8 Å². The highest BCUT2D eigenvalue weighted by Gasteiger charge is 2.32. The number of nitrogens with zero attached hydrogens (tertiary/aromatic N) is 1. The van der Waals surface area contributed by atoms with E-state index >= 15 is 0 Å². The van der Waals surface area contributed by atoms with Gasteiger partial charge in [-0.1, -0.05) is 49.1 Å². The summed E-state index contributed by atoms with van der Waals surface area (Å²) in [4.78, 5) is 41.0. The van der Waals surface area contributed by atoms with Gasteiger partial charge in [0.25, 0.3) is 5.91 Å². The lowest BCUT2D eigenvalue weighted by Crippen LogP contribution is -2.50. The fraction of sp³-hybridized carbons (Fsp3) is 0.458. The molecule has 1 atom stereocenters. The maximum absolute atomic E-state index is 13.5. The molecule has 33 heavy (non-hydrogen) atoms. The van der Waals surface area contributed by atoms with Gasteiger partial charge in [-0.2, -0.15) is 0 Å². The molecule has 1 aliphatic carbocycles. The van der Waals surface area contributed by atoms with E-state index < -0.39 is 6.04 Å². The highest BCUT2D eigenvalue weighted by atomic mass is 35.5. The summed E-state index contributed by atoms with van der Waals surface area (Å²) in [5.74, 6) is -0.922. The molecule has 2 aromatic rings. The number of amides is 3. The molecule has 1 saturated carbocycles. The van der Waals surface area contributed by atoms with Crippen molar-refractivity contribution in [3.05, 3.63) is 57.2 Å². The summed E-state index contributed by atoms with van der Waals surface area (Å²) in [6, 6.07) is 9.63. The molecule has 1 unspecified atom stereocenters. The second-order valence-corrected chi connectivity index (χ2v) is 9.42. The van der Waals surface area contributed by atoms with Crippen molar-refractivity contribution in [1.82, 2.24) is 15.5 Å². The normalized spacial score (nSPS) is 15.0. The largest absolute Gasteiger partial charge is 0.383 e. The van der Waals surface area contributed by atoms with Crippen LogP contribution in [0.5, 0.6) is 0 Å². The second-order valence-electron chi connectivity index (χ2n) is 8.04.